The van der Waals surface area contributed by atoms with Gasteiger partial charge in [0.2, 0.25) is 0 Å². The lowest BCUT2D eigenvalue weighted by atomic mass is 9.94. The van der Waals surface area contributed by atoms with Crippen LogP contribution in [0.4, 0.5) is 5.82 Å². The second kappa shape index (κ2) is 7.46. The van der Waals surface area contributed by atoms with Gasteiger partial charge < -0.3 is 10.6 Å². The van der Waals surface area contributed by atoms with E-state index in [1.165, 1.54) is 31.4 Å². The van der Waals surface area contributed by atoms with Crippen molar-refractivity contribution in [3.63, 3.8) is 0 Å². The summed E-state index contributed by atoms with van der Waals surface area (Å²) >= 11 is 0. The van der Waals surface area contributed by atoms with Gasteiger partial charge in [0.15, 0.2) is 5.65 Å². The fourth-order valence-corrected chi connectivity index (χ4v) is 3.99. The number of nitrogen functional groups attached to an aromatic ring is 1. The quantitative estimate of drug-likeness (QED) is 0.767. The number of rotatable bonds is 5. The number of fused-ring (bicyclic) bond motifs is 1. The van der Waals surface area contributed by atoms with Gasteiger partial charge in [-0.2, -0.15) is 9.61 Å². The fraction of sp³-hybridized carbons (Fsp3) is 0.429. The molecule has 26 heavy (non-hydrogen) atoms. The Balaban J connectivity index is 1.40. The highest BCUT2D eigenvalue weighted by Gasteiger charge is 2.23. The van der Waals surface area contributed by atoms with Crippen LogP contribution in [-0.4, -0.2) is 39.1 Å². The molecule has 1 aliphatic rings. The average molecular weight is 349 g/mol. The second-order valence-electron chi connectivity index (χ2n) is 7.39. The molecule has 0 radical (unpaired) electrons. The first-order valence-electron chi connectivity index (χ1n) is 9.58. The molecular formula is C21H27N5. The van der Waals surface area contributed by atoms with E-state index < -0.39 is 0 Å². The molecular weight excluding hydrogens is 322 g/mol. The Hall–Kier alpha value is -2.40. The summed E-state index contributed by atoms with van der Waals surface area (Å²) in [6.07, 6.45) is 4.76. The molecule has 3 heterocycles. The van der Waals surface area contributed by atoms with E-state index in [2.05, 4.69) is 40.3 Å². The van der Waals surface area contributed by atoms with Crippen molar-refractivity contribution in [2.24, 2.45) is 0 Å². The van der Waals surface area contributed by atoms with Crippen LogP contribution >= 0.6 is 0 Å². The number of benzene rings is 1. The zero-order valence-corrected chi connectivity index (χ0v) is 15.4. The highest BCUT2D eigenvalue weighted by atomic mass is 15.3. The van der Waals surface area contributed by atoms with Crippen LogP contribution in [-0.2, 0) is 6.42 Å². The number of aromatic nitrogens is 3. The third-order valence-corrected chi connectivity index (χ3v) is 5.30. The molecule has 2 N–H and O–H groups in total. The molecule has 1 aromatic carbocycles. The van der Waals surface area contributed by atoms with Crippen LogP contribution in [0.5, 0.6) is 0 Å². The lowest BCUT2D eigenvalue weighted by Crippen LogP contribution is -2.35. The Morgan fingerprint density at radius 3 is 2.88 bits per heavy atom. The van der Waals surface area contributed by atoms with Crippen LogP contribution in [0.15, 0.2) is 42.5 Å². The molecule has 1 unspecified atom stereocenters. The molecule has 136 valence electrons. The molecule has 1 atom stereocenters. The summed E-state index contributed by atoms with van der Waals surface area (Å²) in [5.41, 5.74) is 10.6. The maximum absolute atomic E-state index is 6.20. The zero-order valence-electron chi connectivity index (χ0n) is 15.4. The van der Waals surface area contributed by atoms with Crippen molar-refractivity contribution in [3.8, 4) is 0 Å². The third kappa shape index (κ3) is 3.73. The summed E-state index contributed by atoms with van der Waals surface area (Å²) in [7, 11) is 0. The maximum Gasteiger partial charge on any atom is 0.157 e. The van der Waals surface area contributed by atoms with Crippen LogP contribution in [0.1, 0.15) is 42.1 Å². The van der Waals surface area contributed by atoms with Crippen molar-refractivity contribution in [2.75, 3.05) is 25.4 Å². The normalized spacial score (nSPS) is 18.4. The van der Waals surface area contributed by atoms with Crippen LogP contribution in [0.3, 0.4) is 0 Å². The Morgan fingerprint density at radius 2 is 2.04 bits per heavy atom. The average Bonchev–Trinajstić information content (AvgIpc) is 3.04. The summed E-state index contributed by atoms with van der Waals surface area (Å²) in [6, 6.07) is 14.8. The van der Waals surface area contributed by atoms with Gasteiger partial charge in [0.25, 0.3) is 0 Å². The highest BCUT2D eigenvalue weighted by molar-refractivity contribution is 5.48. The summed E-state index contributed by atoms with van der Waals surface area (Å²) in [4.78, 5) is 7.42. The van der Waals surface area contributed by atoms with Gasteiger partial charge in [0.1, 0.15) is 5.82 Å². The Labute approximate surface area is 154 Å². The number of hydrogen-bond donors (Lipinski definition) is 1. The van der Waals surface area contributed by atoms with Crippen LogP contribution < -0.4 is 5.73 Å². The van der Waals surface area contributed by atoms with Gasteiger partial charge in [-0.3, -0.25) is 0 Å². The van der Waals surface area contributed by atoms with Gasteiger partial charge in [-0.1, -0.05) is 30.3 Å². The van der Waals surface area contributed by atoms with Gasteiger partial charge in [0.05, 0.1) is 11.4 Å². The Morgan fingerprint density at radius 1 is 1.19 bits per heavy atom. The molecule has 4 rings (SSSR count). The molecule has 3 aromatic rings. The number of piperidine rings is 1. The Kier molecular flexibility index (Phi) is 4.89. The van der Waals surface area contributed by atoms with Crippen LogP contribution in [0.2, 0.25) is 0 Å². The van der Waals surface area contributed by atoms with E-state index in [1.807, 2.05) is 19.1 Å². The molecule has 5 heteroatoms. The fourth-order valence-electron chi connectivity index (χ4n) is 3.99. The van der Waals surface area contributed by atoms with Crippen LogP contribution in [0.25, 0.3) is 5.65 Å². The SMILES string of the molecule is Cc1cc2nc(C3CCCN(CCCc4ccccc4)C3)cc(N)n2n1. The van der Waals surface area contributed by atoms with Crippen molar-refractivity contribution in [1.29, 1.82) is 0 Å². The van der Waals surface area contributed by atoms with Crippen LogP contribution in [0, 0.1) is 6.92 Å². The van der Waals surface area contributed by atoms with Gasteiger partial charge >= 0.3 is 0 Å². The molecule has 0 amide bonds. The molecule has 1 saturated heterocycles. The van der Waals surface area contributed by atoms with Gasteiger partial charge in [-0.05, 0) is 51.3 Å². The first-order valence-corrected chi connectivity index (χ1v) is 9.58. The molecule has 2 aromatic heterocycles. The number of hydrogen-bond acceptors (Lipinski definition) is 4. The first-order chi connectivity index (χ1) is 12.7. The number of nitrogens with two attached hydrogens (primary N) is 1. The second-order valence-corrected chi connectivity index (χ2v) is 7.39. The lowest BCUT2D eigenvalue weighted by molar-refractivity contribution is 0.204. The van der Waals surface area contributed by atoms with E-state index in [0.717, 1.165) is 36.5 Å². The summed E-state index contributed by atoms with van der Waals surface area (Å²) in [5.74, 6) is 1.14. The van der Waals surface area contributed by atoms with E-state index in [4.69, 9.17) is 10.7 Å². The van der Waals surface area contributed by atoms with Gasteiger partial charge in [-0.15, -0.1) is 0 Å². The molecule has 0 saturated carbocycles. The van der Waals surface area contributed by atoms with Gasteiger partial charge in [0, 0.05) is 24.6 Å². The minimum Gasteiger partial charge on any atom is -0.384 e. The van der Waals surface area contributed by atoms with E-state index in [0.29, 0.717) is 11.7 Å². The van der Waals surface area contributed by atoms with E-state index >= 15 is 0 Å². The predicted octanol–water partition coefficient (Wildman–Crippen LogP) is 3.43. The number of likely N-dealkylation sites (tertiary alicyclic amines) is 1. The van der Waals surface area contributed by atoms with Gasteiger partial charge in [-0.25, -0.2) is 4.98 Å². The minimum absolute atomic E-state index is 0.461. The summed E-state index contributed by atoms with van der Waals surface area (Å²) in [6.45, 7) is 5.39. The van der Waals surface area contributed by atoms with E-state index in [9.17, 15) is 0 Å². The third-order valence-electron chi connectivity index (χ3n) is 5.30. The zero-order chi connectivity index (χ0) is 17.9. The topological polar surface area (TPSA) is 59.5 Å². The predicted molar refractivity (Wildman–Crippen MR) is 105 cm³/mol. The molecule has 0 bridgehead atoms. The molecule has 0 aliphatic carbocycles. The summed E-state index contributed by atoms with van der Waals surface area (Å²) in [5, 5.41) is 4.40. The lowest BCUT2D eigenvalue weighted by Gasteiger charge is -2.32. The first kappa shape index (κ1) is 17.0. The molecule has 1 aliphatic heterocycles. The maximum atomic E-state index is 6.20. The largest absolute Gasteiger partial charge is 0.384 e. The minimum atomic E-state index is 0.461. The van der Waals surface area contributed by atoms with E-state index in [1.54, 1.807) is 4.52 Å². The molecule has 0 spiro atoms. The number of anilines is 1. The van der Waals surface area contributed by atoms with Crippen molar-refractivity contribution >= 4 is 11.5 Å². The standard InChI is InChI=1S/C21H27N5/c1-16-13-21-23-19(14-20(22)26(21)24-16)18-10-6-12-25(15-18)11-5-9-17-7-3-2-4-8-17/h2-4,7-8,13-14,18H,5-6,9-12,15,22H2,1H3. The Bertz CT molecular complexity index is 871. The van der Waals surface area contributed by atoms with Crippen molar-refractivity contribution < 1.29 is 0 Å². The van der Waals surface area contributed by atoms with Crippen molar-refractivity contribution in [3.05, 3.63) is 59.4 Å². The highest BCUT2D eigenvalue weighted by Crippen LogP contribution is 2.27. The number of aryl methyl sites for hydroxylation is 2. The van der Waals surface area contributed by atoms with Crippen molar-refractivity contribution in [2.45, 2.75) is 38.5 Å². The smallest absolute Gasteiger partial charge is 0.157 e. The van der Waals surface area contributed by atoms with E-state index in [-0.39, 0.29) is 0 Å². The summed E-state index contributed by atoms with van der Waals surface area (Å²) < 4.78 is 1.74. The van der Waals surface area contributed by atoms with Crippen molar-refractivity contribution in [1.82, 2.24) is 19.5 Å². The molecule has 5 nitrogen and oxygen atoms in total. The molecule has 1 fully saturated rings. The monoisotopic (exact) mass is 349 g/mol. The number of nitrogens with zero attached hydrogens (tertiary/aromatic N) is 4.